The van der Waals surface area contributed by atoms with Gasteiger partial charge in [-0.3, -0.25) is 28.9 Å². The van der Waals surface area contributed by atoms with Crippen LogP contribution in [0.5, 0.6) is 0 Å². The maximum absolute atomic E-state index is 15.0. The number of carbonyl (C=O) groups is 5. The largest absolute Gasteiger partial charge is 0.459 e. The highest BCUT2D eigenvalue weighted by Gasteiger charge is 2.58. The minimum absolute atomic E-state index is 0.00269. The molecule has 1 amide bonds. The van der Waals surface area contributed by atoms with E-state index in [-0.39, 0.29) is 57.9 Å². The summed E-state index contributed by atoms with van der Waals surface area (Å²) in [4.78, 5) is 76.7. The Hall–Kier alpha value is -3.09. The lowest BCUT2D eigenvalue weighted by molar-refractivity contribution is -0.320. The molecule has 6 fully saturated rings. The number of ketones is 2. The van der Waals surface area contributed by atoms with E-state index >= 15 is 4.79 Å². The number of Topliss-reactive ketones (excluding diaryl/α,β-unsaturated/α-hetero) is 2. The number of cyclic esters (lactones) is 2. The zero-order valence-corrected chi connectivity index (χ0v) is 67.4. The molecule has 29 nitrogen and oxygen atoms in total. The lowest BCUT2D eigenvalue weighted by atomic mass is 9.73. The smallest absolute Gasteiger partial charge is 0.311 e. The van der Waals surface area contributed by atoms with E-state index < -0.39 is 245 Å². The van der Waals surface area contributed by atoms with Gasteiger partial charge < -0.3 is 112 Å². The minimum atomic E-state index is -2.09. The van der Waals surface area contributed by atoms with Gasteiger partial charge in [0.15, 0.2) is 25.2 Å². The first-order valence-corrected chi connectivity index (χ1v) is 38.0. The molecule has 0 saturated carbocycles. The molecule has 6 rings (SSSR count). The van der Waals surface area contributed by atoms with E-state index in [1.165, 1.54) is 61.0 Å². The van der Waals surface area contributed by atoms with Crippen molar-refractivity contribution in [2.45, 2.75) is 358 Å². The van der Waals surface area contributed by atoms with E-state index in [9.17, 15) is 60.0 Å². The Kier molecular flexibility index (Phi) is 31.3. The van der Waals surface area contributed by atoms with Crippen LogP contribution in [0.2, 0.25) is 0 Å². The Morgan fingerprint density at radius 1 is 0.467 bits per heavy atom. The summed E-state index contributed by atoms with van der Waals surface area (Å²) in [5, 5.41) is 95.5. The van der Waals surface area contributed by atoms with Gasteiger partial charge in [0.2, 0.25) is 5.91 Å². The fraction of sp³-hybridized carbons (Fsp3) is 0.934. The Balaban J connectivity index is 1.34. The second kappa shape index (κ2) is 36.2. The predicted octanol–water partition coefficient (Wildman–Crippen LogP) is 4.16. The van der Waals surface area contributed by atoms with Crippen LogP contribution in [-0.4, -0.2) is 298 Å². The first-order valence-electron chi connectivity index (χ1n) is 38.0. The zero-order chi connectivity index (χ0) is 79.6. The number of rotatable bonds is 18. The number of nitrogens with zero attached hydrogens (tertiary/aromatic N) is 2. The van der Waals surface area contributed by atoms with E-state index in [0.29, 0.717) is 0 Å². The molecule has 0 aromatic rings. The van der Waals surface area contributed by atoms with Crippen LogP contribution in [0.1, 0.15) is 190 Å². The van der Waals surface area contributed by atoms with Crippen LogP contribution in [-0.2, 0) is 90.3 Å². The summed E-state index contributed by atoms with van der Waals surface area (Å²) in [6.45, 7) is 32.4. The summed E-state index contributed by atoms with van der Waals surface area (Å²) in [6.07, 6.45) is -23.9. The van der Waals surface area contributed by atoms with Gasteiger partial charge in [-0.15, -0.1) is 0 Å². The molecule has 105 heavy (non-hydrogen) atoms. The second-order valence-corrected chi connectivity index (χ2v) is 33.3. The number of hydrogen-bond donors (Lipinski definition) is 8. The molecular weight excluding hydrogens is 1370 g/mol. The molecule has 0 spiro atoms. The first-order chi connectivity index (χ1) is 48.5. The summed E-state index contributed by atoms with van der Waals surface area (Å²) in [5.74, 6) is -11.3. The summed E-state index contributed by atoms with van der Waals surface area (Å²) >= 11 is 0. The number of esters is 2. The Bertz CT molecular complexity index is 2860. The SMILES string of the molecule is CC[C@H]1OC(=O)[C@H](C)[C@@H](OC2CC(C)(OC)C(O)C(C)O2)[C@H](C)[C@@H](OC2OC(C)CC(N(C)CC(=O)N(C)C3CC(C)OC(O[C@@H]4[C@@H](C)[C@H](OC5CC(C)(OC)C(O)C(C)O5)[C@@H](C)C(=O)O[C@H](CC)[C@@](C)(O)[C@H](O)[C@@H](C)C(=O)[C@H](C)C[C@]4(C)OC)C3O)C2O)[C@@](C)(OC)C[C@@H](C)C(=O)[C@H](C)[C@@H](O)[C@]1(C)O. The van der Waals surface area contributed by atoms with E-state index in [1.807, 2.05) is 0 Å². The molecule has 6 heterocycles. The van der Waals surface area contributed by atoms with E-state index in [4.69, 9.17) is 66.3 Å². The second-order valence-electron chi connectivity index (χ2n) is 33.3. The van der Waals surface area contributed by atoms with Crippen molar-refractivity contribution in [3.05, 3.63) is 0 Å². The molecule has 6 aliphatic heterocycles. The molecule has 0 aromatic carbocycles. The number of ether oxygens (including phenoxy) is 14. The molecule has 29 heteroatoms. The summed E-state index contributed by atoms with van der Waals surface area (Å²) in [7, 11) is 8.98. The third kappa shape index (κ3) is 19.5. The summed E-state index contributed by atoms with van der Waals surface area (Å²) in [5.41, 5.74) is -9.51. The lowest BCUT2D eigenvalue weighted by Crippen LogP contribution is -2.63. The highest BCUT2D eigenvalue weighted by Crippen LogP contribution is 2.46. The van der Waals surface area contributed by atoms with Gasteiger partial charge in [0.25, 0.3) is 0 Å². The van der Waals surface area contributed by atoms with Crippen molar-refractivity contribution in [3.63, 3.8) is 0 Å². The first kappa shape index (κ1) is 90.8. The molecule has 0 aromatic heterocycles. The predicted molar refractivity (Wildman–Crippen MR) is 380 cm³/mol. The van der Waals surface area contributed by atoms with Gasteiger partial charge >= 0.3 is 11.9 Å². The fourth-order valence-corrected chi connectivity index (χ4v) is 17.6. The van der Waals surface area contributed by atoms with Gasteiger partial charge in [-0.05, 0) is 129 Å². The van der Waals surface area contributed by atoms with Crippen molar-refractivity contribution in [1.82, 2.24) is 9.80 Å². The van der Waals surface area contributed by atoms with Crippen molar-refractivity contribution in [3.8, 4) is 0 Å². The van der Waals surface area contributed by atoms with Crippen LogP contribution in [0, 0.1) is 47.3 Å². The number of aliphatic hydroxyl groups is 8. The average Bonchev–Trinajstić information content (AvgIpc) is 0.772. The highest BCUT2D eigenvalue weighted by molar-refractivity contribution is 5.84. The van der Waals surface area contributed by atoms with Gasteiger partial charge in [0, 0.05) is 89.9 Å². The van der Waals surface area contributed by atoms with Crippen LogP contribution in [0.15, 0.2) is 0 Å². The number of likely N-dealkylation sites (N-methyl/N-ethyl adjacent to an activating group) is 2. The monoisotopic (exact) mass is 1510 g/mol. The Morgan fingerprint density at radius 2 is 0.800 bits per heavy atom. The van der Waals surface area contributed by atoms with E-state index in [1.54, 1.807) is 130 Å². The van der Waals surface area contributed by atoms with Crippen molar-refractivity contribution < 1.29 is 131 Å². The highest BCUT2D eigenvalue weighted by atomic mass is 16.7. The molecular formula is C76H134N2O27. The van der Waals surface area contributed by atoms with E-state index in [2.05, 4.69) is 0 Å². The van der Waals surface area contributed by atoms with Crippen molar-refractivity contribution in [1.29, 1.82) is 0 Å². The van der Waals surface area contributed by atoms with Crippen LogP contribution < -0.4 is 0 Å². The third-order valence-corrected chi connectivity index (χ3v) is 25.1. The quantitative estimate of drug-likeness (QED) is 0.0893. The van der Waals surface area contributed by atoms with Crippen molar-refractivity contribution >= 4 is 29.4 Å². The topological polar surface area (TPSA) is 383 Å². The van der Waals surface area contributed by atoms with Gasteiger partial charge in [-0.1, -0.05) is 55.4 Å². The van der Waals surface area contributed by atoms with Gasteiger partial charge in [-0.25, -0.2) is 0 Å². The Labute approximate surface area is 622 Å². The minimum Gasteiger partial charge on any atom is -0.459 e. The van der Waals surface area contributed by atoms with Crippen molar-refractivity contribution in [2.24, 2.45) is 47.3 Å². The third-order valence-electron chi connectivity index (χ3n) is 25.1. The van der Waals surface area contributed by atoms with Crippen LogP contribution in [0.3, 0.4) is 0 Å². The van der Waals surface area contributed by atoms with Crippen LogP contribution in [0.25, 0.3) is 0 Å². The normalized spacial score (nSPS) is 48.7. The maximum atomic E-state index is 15.0. The molecule has 36 atom stereocenters. The lowest BCUT2D eigenvalue weighted by Gasteiger charge is -2.50. The van der Waals surface area contributed by atoms with Gasteiger partial charge in [-0.2, -0.15) is 0 Å². The molecule has 0 radical (unpaired) electrons. The van der Waals surface area contributed by atoms with Gasteiger partial charge in [0.05, 0.1) is 108 Å². The molecule has 610 valence electrons. The molecule has 6 aliphatic rings. The molecule has 0 bridgehead atoms. The summed E-state index contributed by atoms with van der Waals surface area (Å²) in [6, 6.07) is -1.83. The molecule has 8 N–H and O–H groups in total. The standard InChI is InChI=1S/C76H134N2O27/c1-27-50-75(19,90)61(84)40(7)55(80)36(3)31-73(17,94-25)65(42(9)59(44(11)67(88)100-50)102-53-33-71(15,92-23)63(86)46(13)98-53)104-69-57(82)48(29-38(5)96-69)77(21)35-52(79)78(22)49-30-39(6)97-70(58(49)83)105-66-43(10)60(103-54-34-72(16,93-24)64(87)47(14)99-54)45(12)68(89)101-51(28-2)76(20,91)62(85)41(8)56(81)37(4)32-74(66,18)95-26/h36-51,53-54,57-66,69-70,82-87,90-91H,27-35H2,1-26H3/t36-,37-,38?,39?,40+,41+,42+,43+,44-,45-,46?,47?,48?,49?,50-,51-,53?,54?,57?,58?,59+,60+,61-,62-,63?,64?,65-,66-,69?,70?,71?,72?,73+,74+,75-,76-/m1/s1. The molecule has 0 aliphatic carbocycles. The number of amides is 1. The molecule has 16 unspecified atom stereocenters. The Morgan fingerprint density at radius 3 is 1.13 bits per heavy atom. The summed E-state index contributed by atoms with van der Waals surface area (Å²) < 4.78 is 90.3. The van der Waals surface area contributed by atoms with Gasteiger partial charge in [0.1, 0.15) is 59.4 Å². The van der Waals surface area contributed by atoms with Crippen LogP contribution >= 0.6 is 0 Å². The van der Waals surface area contributed by atoms with Crippen LogP contribution in [0.4, 0.5) is 0 Å². The number of hydrogen-bond acceptors (Lipinski definition) is 28. The van der Waals surface area contributed by atoms with E-state index in [0.717, 1.165) is 0 Å². The van der Waals surface area contributed by atoms with Crippen molar-refractivity contribution in [2.75, 3.05) is 49.1 Å². The number of carbonyl (C=O) groups excluding carboxylic acids is 5. The number of methoxy groups -OCH3 is 4. The maximum Gasteiger partial charge on any atom is 0.311 e. The molecule has 6 saturated heterocycles. The average molecular weight is 1510 g/mol. The zero-order valence-electron chi connectivity index (χ0n) is 67.4. The fourth-order valence-electron chi connectivity index (χ4n) is 17.6. The number of aliphatic hydroxyl groups excluding tert-OH is 6.